The Hall–Kier alpha value is -0.850. The summed E-state index contributed by atoms with van der Waals surface area (Å²) in [7, 11) is -3.43. The molecule has 17 heavy (non-hydrogen) atoms. The van der Waals surface area contributed by atoms with Gasteiger partial charge < -0.3 is 9.73 Å². The highest BCUT2D eigenvalue weighted by atomic mass is 32.2. The fourth-order valence-electron chi connectivity index (χ4n) is 1.45. The van der Waals surface area contributed by atoms with Crippen molar-refractivity contribution in [2.75, 3.05) is 6.54 Å². The second-order valence-corrected chi connectivity index (χ2v) is 5.91. The van der Waals surface area contributed by atoms with Crippen LogP contribution >= 0.6 is 0 Å². The van der Waals surface area contributed by atoms with Crippen LogP contribution in [0, 0.1) is 6.92 Å². The molecular formula is C11H20N2O3S. The topological polar surface area (TPSA) is 71.3 Å². The van der Waals surface area contributed by atoms with E-state index in [0.717, 1.165) is 0 Å². The molecule has 98 valence electrons. The number of hydrogen-bond donors (Lipinski definition) is 2. The molecule has 0 aliphatic carbocycles. The summed E-state index contributed by atoms with van der Waals surface area (Å²) in [6.07, 6.45) is 0. The molecule has 0 saturated carbocycles. The molecular weight excluding hydrogens is 240 g/mol. The van der Waals surface area contributed by atoms with Crippen LogP contribution in [0.1, 0.15) is 32.3 Å². The summed E-state index contributed by atoms with van der Waals surface area (Å²) in [5, 5.41) is 3.18. The number of nitrogens with one attached hydrogen (secondary N) is 2. The normalized spacial score (nSPS) is 12.3. The predicted octanol–water partition coefficient (Wildman–Crippen LogP) is 1.38. The smallest absolute Gasteiger partial charge is 0.244 e. The van der Waals surface area contributed by atoms with Crippen LogP contribution in [0.15, 0.2) is 15.4 Å². The fraction of sp³-hybridized carbons (Fsp3) is 0.636. The second-order valence-electron chi connectivity index (χ2n) is 4.17. The average molecular weight is 260 g/mol. The molecule has 0 saturated heterocycles. The molecule has 0 aliphatic rings. The van der Waals surface area contributed by atoms with Gasteiger partial charge in [0.05, 0.1) is 6.54 Å². The molecule has 0 amide bonds. The van der Waals surface area contributed by atoms with Gasteiger partial charge in [-0.25, -0.2) is 13.1 Å². The number of furan rings is 1. The summed E-state index contributed by atoms with van der Waals surface area (Å²) in [5.74, 6) is 1.05. The van der Waals surface area contributed by atoms with Gasteiger partial charge in [-0.1, -0.05) is 20.8 Å². The zero-order valence-corrected chi connectivity index (χ0v) is 11.5. The maximum Gasteiger partial charge on any atom is 0.244 e. The zero-order chi connectivity index (χ0) is 13.1. The predicted molar refractivity (Wildman–Crippen MR) is 66.3 cm³/mol. The van der Waals surface area contributed by atoms with E-state index in [1.165, 1.54) is 0 Å². The lowest BCUT2D eigenvalue weighted by Crippen LogP contribution is -2.23. The van der Waals surface area contributed by atoms with Crippen molar-refractivity contribution in [2.45, 2.75) is 45.2 Å². The summed E-state index contributed by atoms with van der Waals surface area (Å²) in [4.78, 5) is 0.222. The van der Waals surface area contributed by atoms with Gasteiger partial charge in [0.15, 0.2) is 0 Å². The van der Waals surface area contributed by atoms with Crippen molar-refractivity contribution in [3.8, 4) is 0 Å². The van der Waals surface area contributed by atoms with E-state index in [1.54, 1.807) is 19.9 Å². The molecule has 2 N–H and O–H groups in total. The Kier molecular flexibility index (Phi) is 4.73. The summed E-state index contributed by atoms with van der Waals surface area (Å²) in [5.41, 5.74) is 0. The van der Waals surface area contributed by atoms with Crippen molar-refractivity contribution < 1.29 is 12.8 Å². The maximum atomic E-state index is 11.8. The molecule has 0 aromatic carbocycles. The Labute approximate surface area is 103 Å². The van der Waals surface area contributed by atoms with Gasteiger partial charge >= 0.3 is 0 Å². The highest BCUT2D eigenvalue weighted by molar-refractivity contribution is 7.89. The van der Waals surface area contributed by atoms with Crippen LogP contribution in [0.5, 0.6) is 0 Å². The van der Waals surface area contributed by atoms with Crippen LogP contribution in [0.25, 0.3) is 0 Å². The third-order valence-corrected chi connectivity index (χ3v) is 3.88. The average Bonchev–Trinajstić information content (AvgIpc) is 2.57. The van der Waals surface area contributed by atoms with Crippen molar-refractivity contribution in [1.29, 1.82) is 0 Å². The Morgan fingerprint density at radius 3 is 2.59 bits per heavy atom. The molecule has 6 heteroatoms. The molecule has 5 nitrogen and oxygen atoms in total. The number of sulfonamides is 1. The summed E-state index contributed by atoms with van der Waals surface area (Å²) in [6, 6.07) is 1.90. The van der Waals surface area contributed by atoms with Gasteiger partial charge in [-0.15, -0.1) is 0 Å². The fourth-order valence-corrected chi connectivity index (χ4v) is 2.69. The highest BCUT2D eigenvalue weighted by Crippen LogP contribution is 2.19. The van der Waals surface area contributed by atoms with Crippen LogP contribution in [0.3, 0.4) is 0 Å². The summed E-state index contributed by atoms with van der Waals surface area (Å²) in [6.45, 7) is 8.34. The van der Waals surface area contributed by atoms with Gasteiger partial charge in [-0.3, -0.25) is 0 Å². The monoisotopic (exact) mass is 260 g/mol. The number of aryl methyl sites for hydroxylation is 1. The summed E-state index contributed by atoms with van der Waals surface area (Å²) < 4.78 is 31.5. The van der Waals surface area contributed by atoms with Crippen LogP contribution in [-0.4, -0.2) is 21.0 Å². The van der Waals surface area contributed by atoms with Gasteiger partial charge in [0, 0.05) is 18.7 Å². The molecule has 1 heterocycles. The van der Waals surface area contributed by atoms with Gasteiger partial charge in [-0.05, 0) is 6.92 Å². The highest BCUT2D eigenvalue weighted by Gasteiger charge is 2.20. The molecule has 0 unspecified atom stereocenters. The van der Waals surface area contributed by atoms with E-state index in [1.807, 2.05) is 13.8 Å². The minimum atomic E-state index is -3.43. The maximum absolute atomic E-state index is 11.8. The van der Waals surface area contributed by atoms with Crippen LogP contribution in [0.2, 0.25) is 0 Å². The second kappa shape index (κ2) is 5.66. The molecule has 0 spiro atoms. The number of hydrogen-bond acceptors (Lipinski definition) is 4. The Balaban J connectivity index is 2.89. The van der Waals surface area contributed by atoms with Gasteiger partial charge in [0.25, 0.3) is 0 Å². The van der Waals surface area contributed by atoms with E-state index in [2.05, 4.69) is 10.0 Å². The first-order valence-corrected chi connectivity index (χ1v) is 7.17. The molecule has 1 rings (SSSR count). The van der Waals surface area contributed by atoms with Gasteiger partial charge in [0.1, 0.15) is 16.4 Å². The zero-order valence-electron chi connectivity index (χ0n) is 10.7. The molecule has 0 bridgehead atoms. The Morgan fingerprint density at radius 1 is 1.41 bits per heavy atom. The van der Waals surface area contributed by atoms with Crippen molar-refractivity contribution in [2.24, 2.45) is 0 Å². The lowest BCUT2D eigenvalue weighted by atomic mass is 10.3. The van der Waals surface area contributed by atoms with E-state index in [4.69, 9.17) is 4.42 Å². The third-order valence-electron chi connectivity index (χ3n) is 2.23. The third kappa shape index (κ3) is 3.83. The molecule has 0 aliphatic heterocycles. The molecule has 1 aromatic rings. The largest absolute Gasteiger partial charge is 0.464 e. The Morgan fingerprint density at radius 2 is 2.06 bits per heavy atom. The van der Waals surface area contributed by atoms with Crippen molar-refractivity contribution in [3.05, 3.63) is 17.6 Å². The van der Waals surface area contributed by atoms with E-state index in [-0.39, 0.29) is 4.90 Å². The molecule has 1 aromatic heterocycles. The number of rotatable bonds is 6. The van der Waals surface area contributed by atoms with Crippen LogP contribution in [0.4, 0.5) is 0 Å². The first-order chi connectivity index (χ1) is 7.86. The summed E-state index contributed by atoms with van der Waals surface area (Å²) >= 11 is 0. The first-order valence-electron chi connectivity index (χ1n) is 5.69. The van der Waals surface area contributed by atoms with Crippen LogP contribution in [-0.2, 0) is 16.6 Å². The minimum absolute atomic E-state index is 0.222. The van der Waals surface area contributed by atoms with E-state index in [9.17, 15) is 8.42 Å². The SMILES string of the molecule is CCNS(=O)(=O)c1cc(CNC(C)C)oc1C. The van der Waals surface area contributed by atoms with Crippen molar-refractivity contribution >= 4 is 10.0 Å². The molecule has 0 radical (unpaired) electrons. The quantitative estimate of drug-likeness (QED) is 0.810. The van der Waals surface area contributed by atoms with E-state index < -0.39 is 10.0 Å². The Bertz CT molecular complexity index is 463. The lowest BCUT2D eigenvalue weighted by molar-refractivity contribution is 0.444. The lowest BCUT2D eigenvalue weighted by Gasteiger charge is -2.04. The standard InChI is InChI=1S/C11H20N2O3S/c1-5-13-17(14,15)11-6-10(16-9(11)4)7-12-8(2)3/h6,8,12-13H,5,7H2,1-4H3. The molecule has 0 atom stereocenters. The van der Waals surface area contributed by atoms with Gasteiger partial charge in [-0.2, -0.15) is 0 Å². The van der Waals surface area contributed by atoms with E-state index >= 15 is 0 Å². The van der Waals surface area contributed by atoms with Crippen LogP contribution < -0.4 is 10.0 Å². The van der Waals surface area contributed by atoms with Crippen molar-refractivity contribution in [1.82, 2.24) is 10.0 Å². The minimum Gasteiger partial charge on any atom is -0.464 e. The van der Waals surface area contributed by atoms with Crippen molar-refractivity contribution in [3.63, 3.8) is 0 Å². The van der Waals surface area contributed by atoms with E-state index in [0.29, 0.717) is 30.7 Å². The van der Waals surface area contributed by atoms with Gasteiger partial charge in [0.2, 0.25) is 10.0 Å². The molecule has 0 fully saturated rings. The first kappa shape index (κ1) is 14.2.